The van der Waals surface area contributed by atoms with E-state index in [-0.39, 0.29) is 12.5 Å². The molecule has 0 saturated carbocycles. The highest BCUT2D eigenvalue weighted by atomic mass is 16.5. The highest BCUT2D eigenvalue weighted by molar-refractivity contribution is 5.98. The van der Waals surface area contributed by atoms with Gasteiger partial charge < -0.3 is 14.8 Å². The molecule has 1 aromatic rings. The smallest absolute Gasteiger partial charge is 0.331 e. The summed E-state index contributed by atoms with van der Waals surface area (Å²) in [5.41, 5.74) is 2.67. The van der Waals surface area contributed by atoms with Gasteiger partial charge in [0.05, 0.1) is 6.61 Å². The summed E-state index contributed by atoms with van der Waals surface area (Å²) in [5.74, 6) is -1.63. The maximum atomic E-state index is 12.3. The van der Waals surface area contributed by atoms with Crippen LogP contribution < -0.4 is 5.32 Å². The summed E-state index contributed by atoms with van der Waals surface area (Å²) >= 11 is 0. The number of anilines is 1. The summed E-state index contributed by atoms with van der Waals surface area (Å²) in [6.45, 7) is 9.32. The van der Waals surface area contributed by atoms with Crippen LogP contribution in [0.15, 0.2) is 30.4 Å². The molecule has 0 aliphatic carbocycles. The number of hydrogen-bond acceptors (Lipinski definition) is 5. The average Bonchev–Trinajstić information content (AvgIpc) is 2.54. The van der Waals surface area contributed by atoms with Crippen LogP contribution in [-0.4, -0.2) is 30.6 Å². The van der Waals surface area contributed by atoms with Gasteiger partial charge in [0, 0.05) is 17.8 Å². The van der Waals surface area contributed by atoms with E-state index in [4.69, 9.17) is 4.74 Å². The Balaban J connectivity index is 2.72. The number of esters is 2. The standard InChI is InChI=1S/C19H25NO5/c1-6-24-16(21)10-11-17(22)25-14(5)19(23)20-18-13(4)8-7-9-15(18)12(2)3/h7-12,14H,6H2,1-5H3,(H,20,23)/b11-10+/t14-/m1/s1. The van der Waals surface area contributed by atoms with Gasteiger partial charge in [-0.1, -0.05) is 32.0 Å². The fourth-order valence-electron chi connectivity index (χ4n) is 2.16. The van der Waals surface area contributed by atoms with Crippen molar-refractivity contribution in [2.75, 3.05) is 11.9 Å². The molecule has 0 aromatic heterocycles. The number of carbonyl (C=O) groups excluding carboxylic acids is 3. The van der Waals surface area contributed by atoms with Gasteiger partial charge in [0.25, 0.3) is 5.91 Å². The predicted molar refractivity (Wildman–Crippen MR) is 95.2 cm³/mol. The second-order valence-electron chi connectivity index (χ2n) is 5.85. The van der Waals surface area contributed by atoms with Crippen molar-refractivity contribution in [3.8, 4) is 0 Å². The summed E-state index contributed by atoms with van der Waals surface area (Å²) in [6.07, 6.45) is 0.906. The molecule has 1 N–H and O–H groups in total. The number of para-hydroxylation sites is 1. The van der Waals surface area contributed by atoms with Crippen molar-refractivity contribution in [2.45, 2.75) is 46.6 Å². The molecule has 0 radical (unpaired) electrons. The molecule has 1 amide bonds. The molecule has 25 heavy (non-hydrogen) atoms. The van der Waals surface area contributed by atoms with Crippen molar-refractivity contribution in [3.63, 3.8) is 0 Å². The Morgan fingerprint density at radius 1 is 1.12 bits per heavy atom. The normalized spacial score (nSPS) is 12.1. The second kappa shape index (κ2) is 9.61. The van der Waals surface area contributed by atoms with E-state index >= 15 is 0 Å². The van der Waals surface area contributed by atoms with Crippen molar-refractivity contribution >= 4 is 23.5 Å². The van der Waals surface area contributed by atoms with Gasteiger partial charge in [-0.15, -0.1) is 0 Å². The van der Waals surface area contributed by atoms with E-state index in [0.717, 1.165) is 29.0 Å². The van der Waals surface area contributed by atoms with Crippen LogP contribution in [0.1, 0.15) is 44.7 Å². The molecule has 0 saturated heterocycles. The quantitative estimate of drug-likeness (QED) is 0.605. The summed E-state index contributed by atoms with van der Waals surface area (Å²) in [7, 11) is 0. The topological polar surface area (TPSA) is 81.7 Å². The third kappa shape index (κ3) is 6.41. The first-order chi connectivity index (χ1) is 11.8. The van der Waals surface area contributed by atoms with Crippen molar-refractivity contribution in [3.05, 3.63) is 41.5 Å². The number of carbonyl (C=O) groups is 3. The van der Waals surface area contributed by atoms with Gasteiger partial charge in [-0.3, -0.25) is 4.79 Å². The van der Waals surface area contributed by atoms with Crippen molar-refractivity contribution in [2.24, 2.45) is 0 Å². The number of aryl methyl sites for hydroxylation is 1. The summed E-state index contributed by atoms with van der Waals surface area (Å²) in [5, 5.41) is 2.82. The van der Waals surface area contributed by atoms with Gasteiger partial charge >= 0.3 is 11.9 Å². The third-order valence-electron chi connectivity index (χ3n) is 3.48. The lowest BCUT2D eigenvalue weighted by molar-refractivity contribution is -0.148. The molecule has 0 fully saturated rings. The van der Waals surface area contributed by atoms with Crippen molar-refractivity contribution in [1.29, 1.82) is 0 Å². The molecule has 0 bridgehead atoms. The molecule has 6 heteroatoms. The Kier molecular flexibility index (Phi) is 7.85. The number of rotatable bonds is 7. The van der Waals surface area contributed by atoms with Crippen molar-refractivity contribution in [1.82, 2.24) is 0 Å². The van der Waals surface area contributed by atoms with Crippen LogP contribution in [0, 0.1) is 6.92 Å². The molecule has 0 spiro atoms. The van der Waals surface area contributed by atoms with E-state index in [9.17, 15) is 14.4 Å². The Morgan fingerprint density at radius 3 is 2.36 bits per heavy atom. The fourth-order valence-corrected chi connectivity index (χ4v) is 2.16. The first-order valence-electron chi connectivity index (χ1n) is 8.22. The van der Waals surface area contributed by atoms with E-state index in [0.29, 0.717) is 0 Å². The minimum absolute atomic E-state index is 0.214. The number of ether oxygens (including phenoxy) is 2. The van der Waals surface area contributed by atoms with Crippen LogP contribution >= 0.6 is 0 Å². The fraction of sp³-hybridized carbons (Fsp3) is 0.421. The first kappa shape index (κ1) is 20.4. The second-order valence-corrected chi connectivity index (χ2v) is 5.85. The molecular formula is C19H25NO5. The third-order valence-corrected chi connectivity index (χ3v) is 3.48. The molecule has 1 rings (SSSR count). The molecule has 1 aromatic carbocycles. The highest BCUT2D eigenvalue weighted by Gasteiger charge is 2.19. The minimum atomic E-state index is -1.00. The van der Waals surface area contributed by atoms with Gasteiger partial charge in [0.1, 0.15) is 0 Å². The Hall–Kier alpha value is -2.63. The van der Waals surface area contributed by atoms with Crippen LogP contribution in [0.25, 0.3) is 0 Å². The lowest BCUT2D eigenvalue weighted by Gasteiger charge is -2.18. The molecule has 0 aliphatic rings. The monoisotopic (exact) mass is 347 g/mol. The van der Waals surface area contributed by atoms with Gasteiger partial charge in [-0.25, -0.2) is 9.59 Å². The maximum Gasteiger partial charge on any atom is 0.331 e. The molecular weight excluding hydrogens is 322 g/mol. The van der Waals surface area contributed by atoms with Gasteiger partial charge in [0.2, 0.25) is 0 Å². The Bertz CT molecular complexity index is 664. The van der Waals surface area contributed by atoms with Crippen LogP contribution in [0.3, 0.4) is 0 Å². The van der Waals surface area contributed by atoms with Crippen LogP contribution in [0.2, 0.25) is 0 Å². The van der Waals surface area contributed by atoms with Crippen LogP contribution in [0.4, 0.5) is 5.69 Å². The first-order valence-corrected chi connectivity index (χ1v) is 8.22. The lowest BCUT2D eigenvalue weighted by atomic mass is 9.98. The number of hydrogen-bond donors (Lipinski definition) is 1. The lowest BCUT2D eigenvalue weighted by Crippen LogP contribution is -2.30. The zero-order chi connectivity index (χ0) is 19.0. The summed E-state index contributed by atoms with van der Waals surface area (Å²) in [4.78, 5) is 35.1. The minimum Gasteiger partial charge on any atom is -0.463 e. The van der Waals surface area contributed by atoms with Crippen LogP contribution in [-0.2, 0) is 23.9 Å². The van der Waals surface area contributed by atoms with E-state index in [1.807, 2.05) is 39.0 Å². The van der Waals surface area contributed by atoms with Gasteiger partial charge in [-0.05, 0) is 37.8 Å². The van der Waals surface area contributed by atoms with E-state index in [2.05, 4.69) is 10.1 Å². The number of nitrogens with one attached hydrogen (secondary N) is 1. The van der Waals surface area contributed by atoms with Crippen LogP contribution in [0.5, 0.6) is 0 Å². The van der Waals surface area contributed by atoms with E-state index in [1.54, 1.807) is 6.92 Å². The zero-order valence-electron chi connectivity index (χ0n) is 15.3. The SMILES string of the molecule is CCOC(=O)/C=C/C(=O)O[C@H](C)C(=O)Nc1c(C)cccc1C(C)C. The van der Waals surface area contributed by atoms with E-state index < -0.39 is 23.9 Å². The average molecular weight is 347 g/mol. The Morgan fingerprint density at radius 2 is 1.76 bits per heavy atom. The highest BCUT2D eigenvalue weighted by Crippen LogP contribution is 2.27. The molecule has 0 unspecified atom stereocenters. The van der Waals surface area contributed by atoms with Gasteiger partial charge in [-0.2, -0.15) is 0 Å². The predicted octanol–water partition coefficient (Wildman–Crippen LogP) is 3.11. The van der Waals surface area contributed by atoms with Gasteiger partial charge in [0.15, 0.2) is 6.10 Å². The number of benzene rings is 1. The number of amides is 1. The largest absolute Gasteiger partial charge is 0.463 e. The molecule has 0 aliphatic heterocycles. The zero-order valence-corrected chi connectivity index (χ0v) is 15.3. The molecule has 6 nitrogen and oxygen atoms in total. The molecule has 0 heterocycles. The summed E-state index contributed by atoms with van der Waals surface area (Å²) in [6, 6.07) is 5.79. The molecule has 136 valence electrons. The Labute approximate surface area is 148 Å². The summed E-state index contributed by atoms with van der Waals surface area (Å²) < 4.78 is 9.67. The van der Waals surface area contributed by atoms with Crippen molar-refractivity contribution < 1.29 is 23.9 Å². The maximum absolute atomic E-state index is 12.3. The molecule has 1 atom stereocenters. The van der Waals surface area contributed by atoms with E-state index in [1.165, 1.54) is 6.92 Å².